The van der Waals surface area contributed by atoms with Crippen molar-refractivity contribution in [1.29, 1.82) is 0 Å². The summed E-state index contributed by atoms with van der Waals surface area (Å²) in [5.41, 5.74) is 2.17. The van der Waals surface area contributed by atoms with Crippen molar-refractivity contribution in [1.82, 2.24) is 0 Å². The highest BCUT2D eigenvalue weighted by Gasteiger charge is 2.61. The van der Waals surface area contributed by atoms with E-state index in [0.29, 0.717) is 34.9 Å². The highest BCUT2D eigenvalue weighted by Crippen LogP contribution is 2.66. The molecule has 5 rings (SSSR count). The molecule has 4 heteroatoms. The molecule has 0 amide bonds. The van der Waals surface area contributed by atoms with Gasteiger partial charge < -0.3 is 4.74 Å². The SMILES string of the molecule is CC(=O)O[C@H]1CC[C@@]2(C)C(CCC3C2CC[C@]2(C)C(=O)/C(=C/c4ccc(Cl)cc4)CC32)C1. The molecule has 1 aromatic rings. The van der Waals surface area contributed by atoms with Crippen molar-refractivity contribution in [2.24, 2.45) is 34.5 Å². The molecule has 4 aliphatic carbocycles. The average Bonchev–Trinajstić information content (AvgIpc) is 3.00. The lowest BCUT2D eigenvalue weighted by atomic mass is 9.45. The van der Waals surface area contributed by atoms with Crippen molar-refractivity contribution in [2.75, 3.05) is 0 Å². The molecule has 32 heavy (non-hydrogen) atoms. The number of rotatable bonds is 2. The number of carbonyl (C=O) groups is 2. The van der Waals surface area contributed by atoms with Gasteiger partial charge in [-0.3, -0.25) is 9.59 Å². The van der Waals surface area contributed by atoms with E-state index in [1.807, 2.05) is 24.3 Å². The Labute approximate surface area is 196 Å². The maximum Gasteiger partial charge on any atom is 0.302 e. The van der Waals surface area contributed by atoms with E-state index in [0.717, 1.165) is 54.7 Å². The Morgan fingerprint density at radius 1 is 1.06 bits per heavy atom. The molecule has 0 bridgehead atoms. The summed E-state index contributed by atoms with van der Waals surface area (Å²) >= 11 is 6.05. The van der Waals surface area contributed by atoms with Crippen molar-refractivity contribution in [3.8, 4) is 0 Å². The van der Waals surface area contributed by atoms with E-state index >= 15 is 0 Å². The largest absolute Gasteiger partial charge is 0.463 e. The summed E-state index contributed by atoms with van der Waals surface area (Å²) in [7, 11) is 0. The van der Waals surface area contributed by atoms with Gasteiger partial charge in [-0.25, -0.2) is 0 Å². The van der Waals surface area contributed by atoms with Crippen LogP contribution in [0.3, 0.4) is 0 Å². The Balaban J connectivity index is 1.38. The molecule has 0 aromatic heterocycles. The fraction of sp³-hybridized carbons (Fsp3) is 0.643. The molecule has 0 saturated heterocycles. The van der Waals surface area contributed by atoms with E-state index in [9.17, 15) is 9.59 Å². The van der Waals surface area contributed by atoms with Crippen LogP contribution in [0.2, 0.25) is 5.02 Å². The smallest absolute Gasteiger partial charge is 0.302 e. The summed E-state index contributed by atoms with van der Waals surface area (Å²) in [4.78, 5) is 25.1. The third-order valence-corrected chi connectivity index (χ3v) is 10.1. The standard InChI is InChI=1S/C28H35ClO3/c1-17(30)32-22-10-12-27(2)20(16-22)6-9-23-24(27)11-13-28(3)25(23)15-19(26(28)31)14-18-4-7-21(29)8-5-18/h4-5,7-8,14,20,22-25H,6,9-13,15-16H2,1-3H3/b19-14+/t20?,22-,23?,24?,25?,27-,28-/m0/s1. The molecule has 4 unspecified atom stereocenters. The minimum absolute atomic E-state index is 0.0953. The summed E-state index contributed by atoms with van der Waals surface area (Å²) < 4.78 is 5.60. The molecule has 3 nitrogen and oxygen atoms in total. The summed E-state index contributed by atoms with van der Waals surface area (Å²) in [6, 6.07) is 7.80. The number of ether oxygens (including phenoxy) is 1. The average molecular weight is 455 g/mol. The molecule has 0 radical (unpaired) electrons. The van der Waals surface area contributed by atoms with E-state index in [2.05, 4.69) is 19.9 Å². The fourth-order valence-corrected chi connectivity index (χ4v) is 8.25. The van der Waals surface area contributed by atoms with Crippen LogP contribution in [0.5, 0.6) is 0 Å². The van der Waals surface area contributed by atoms with Gasteiger partial charge in [0.1, 0.15) is 6.10 Å². The minimum Gasteiger partial charge on any atom is -0.463 e. The Morgan fingerprint density at radius 2 is 1.81 bits per heavy atom. The number of allylic oxidation sites excluding steroid dienone is 1. The van der Waals surface area contributed by atoms with E-state index in [1.165, 1.54) is 19.8 Å². The summed E-state index contributed by atoms with van der Waals surface area (Å²) in [6.07, 6.45) is 10.8. The summed E-state index contributed by atoms with van der Waals surface area (Å²) in [5, 5.41) is 0.724. The van der Waals surface area contributed by atoms with E-state index < -0.39 is 0 Å². The van der Waals surface area contributed by atoms with Gasteiger partial charge in [-0.05, 0) is 110 Å². The first-order valence-corrected chi connectivity index (χ1v) is 12.8. The first-order chi connectivity index (χ1) is 15.2. The maximum atomic E-state index is 13.6. The van der Waals surface area contributed by atoms with Gasteiger partial charge in [0.05, 0.1) is 0 Å². The molecule has 0 aliphatic heterocycles. The number of esters is 1. The van der Waals surface area contributed by atoms with Crippen LogP contribution in [0, 0.1) is 34.5 Å². The molecule has 0 spiro atoms. The quantitative estimate of drug-likeness (QED) is 0.361. The van der Waals surface area contributed by atoms with Crippen LogP contribution in [0.4, 0.5) is 0 Å². The Bertz CT molecular complexity index is 950. The normalized spacial score (nSPS) is 42.2. The zero-order valence-corrected chi connectivity index (χ0v) is 20.3. The molecule has 0 heterocycles. The summed E-state index contributed by atoms with van der Waals surface area (Å²) in [6.45, 7) is 6.27. The van der Waals surface area contributed by atoms with Crippen molar-refractivity contribution < 1.29 is 14.3 Å². The highest BCUT2D eigenvalue weighted by atomic mass is 35.5. The van der Waals surface area contributed by atoms with Crippen molar-refractivity contribution in [3.05, 3.63) is 40.4 Å². The number of ketones is 1. The zero-order valence-electron chi connectivity index (χ0n) is 19.5. The van der Waals surface area contributed by atoms with Gasteiger partial charge in [0.15, 0.2) is 5.78 Å². The van der Waals surface area contributed by atoms with Gasteiger partial charge in [0.2, 0.25) is 0 Å². The van der Waals surface area contributed by atoms with E-state index in [4.69, 9.17) is 16.3 Å². The van der Waals surface area contributed by atoms with Crippen LogP contribution < -0.4 is 0 Å². The molecular weight excluding hydrogens is 420 g/mol. The highest BCUT2D eigenvalue weighted by molar-refractivity contribution is 6.30. The van der Waals surface area contributed by atoms with Gasteiger partial charge >= 0.3 is 5.97 Å². The fourth-order valence-electron chi connectivity index (χ4n) is 8.12. The zero-order chi connectivity index (χ0) is 22.7. The molecule has 4 saturated carbocycles. The molecule has 172 valence electrons. The van der Waals surface area contributed by atoms with Crippen molar-refractivity contribution in [3.63, 3.8) is 0 Å². The lowest BCUT2D eigenvalue weighted by Gasteiger charge is -2.60. The Morgan fingerprint density at radius 3 is 2.53 bits per heavy atom. The molecule has 4 aliphatic rings. The lowest BCUT2D eigenvalue weighted by Crippen LogP contribution is -2.54. The number of hydrogen-bond acceptors (Lipinski definition) is 3. The van der Waals surface area contributed by atoms with Crippen molar-refractivity contribution in [2.45, 2.75) is 78.2 Å². The monoisotopic (exact) mass is 454 g/mol. The van der Waals surface area contributed by atoms with Crippen LogP contribution in [0.15, 0.2) is 29.8 Å². The van der Waals surface area contributed by atoms with Crippen LogP contribution in [-0.4, -0.2) is 17.9 Å². The number of benzene rings is 1. The Hall–Kier alpha value is -1.61. The molecule has 4 fully saturated rings. The van der Waals surface area contributed by atoms with Gasteiger partial charge in [0.25, 0.3) is 0 Å². The van der Waals surface area contributed by atoms with Crippen molar-refractivity contribution >= 4 is 29.4 Å². The first kappa shape index (κ1) is 22.2. The minimum atomic E-state index is -0.211. The second kappa shape index (κ2) is 8.01. The first-order valence-electron chi connectivity index (χ1n) is 12.4. The molecule has 7 atom stereocenters. The number of carbonyl (C=O) groups excluding carboxylic acids is 2. The van der Waals surface area contributed by atoms with E-state index in [-0.39, 0.29) is 17.5 Å². The summed E-state index contributed by atoms with van der Waals surface area (Å²) in [5.74, 6) is 2.62. The van der Waals surface area contributed by atoms with E-state index in [1.54, 1.807) is 0 Å². The lowest BCUT2D eigenvalue weighted by molar-refractivity contribution is -0.160. The predicted octanol–water partition coefficient (Wildman–Crippen LogP) is 6.88. The van der Waals surface area contributed by atoms with Gasteiger partial charge in [0, 0.05) is 17.4 Å². The van der Waals surface area contributed by atoms with Crippen LogP contribution in [-0.2, 0) is 14.3 Å². The topological polar surface area (TPSA) is 43.4 Å². The number of fused-ring (bicyclic) bond motifs is 5. The maximum absolute atomic E-state index is 13.6. The number of Topliss-reactive ketones (excluding diaryl/α,β-unsaturated/α-hetero) is 1. The second-order valence-electron chi connectivity index (χ2n) is 11.4. The predicted molar refractivity (Wildman–Crippen MR) is 127 cm³/mol. The number of hydrogen-bond donors (Lipinski definition) is 0. The van der Waals surface area contributed by atoms with Gasteiger partial charge in [-0.15, -0.1) is 0 Å². The van der Waals surface area contributed by atoms with Gasteiger partial charge in [-0.2, -0.15) is 0 Å². The third-order valence-electron chi connectivity index (χ3n) is 9.80. The molecule has 0 N–H and O–H groups in total. The van der Waals surface area contributed by atoms with Crippen LogP contribution >= 0.6 is 11.6 Å². The van der Waals surface area contributed by atoms with Crippen LogP contribution in [0.1, 0.15) is 77.7 Å². The second-order valence-corrected chi connectivity index (χ2v) is 11.8. The molecule has 1 aromatic carbocycles. The number of halogens is 1. The van der Waals surface area contributed by atoms with Crippen LogP contribution in [0.25, 0.3) is 6.08 Å². The third kappa shape index (κ3) is 3.56. The van der Waals surface area contributed by atoms with Gasteiger partial charge in [-0.1, -0.05) is 37.6 Å². The Kier molecular flexibility index (Phi) is 5.55. The molecular formula is C28H35ClO3.